The first-order valence-corrected chi connectivity index (χ1v) is 13.8. The fourth-order valence-electron chi connectivity index (χ4n) is 4.83. The summed E-state index contributed by atoms with van der Waals surface area (Å²) in [5.74, 6) is 4.77. The van der Waals surface area contributed by atoms with Crippen LogP contribution in [-0.4, -0.2) is 34.6 Å². The highest BCUT2D eigenvalue weighted by Gasteiger charge is 2.17. The number of carbonyl (C=O) groups excluding carboxylic acids is 1. The zero-order chi connectivity index (χ0) is 30.1. The quantitative estimate of drug-likeness (QED) is 0.240. The summed E-state index contributed by atoms with van der Waals surface area (Å²) in [6.07, 6.45) is 11.5. The molecule has 4 aromatic heterocycles. The van der Waals surface area contributed by atoms with E-state index >= 15 is 4.39 Å². The number of imidazole rings is 2. The average molecular weight is 573 g/mol. The summed E-state index contributed by atoms with van der Waals surface area (Å²) >= 11 is 0. The molecule has 9 nitrogen and oxygen atoms in total. The second-order valence-corrected chi connectivity index (χ2v) is 10.3. The minimum absolute atomic E-state index is 0.0853. The summed E-state index contributed by atoms with van der Waals surface area (Å²) in [6, 6.07) is 12.7. The van der Waals surface area contributed by atoms with Crippen LogP contribution in [0.5, 0.6) is 0 Å². The fraction of sp³-hybridized carbons (Fsp3) is 0.152. The van der Waals surface area contributed by atoms with Crippen molar-refractivity contribution in [3.63, 3.8) is 0 Å². The fourth-order valence-corrected chi connectivity index (χ4v) is 4.83. The molecule has 0 radical (unpaired) electrons. The first-order valence-electron chi connectivity index (χ1n) is 13.8. The van der Waals surface area contributed by atoms with Gasteiger partial charge in [-0.1, -0.05) is 18.9 Å². The number of rotatable bonds is 6. The molecule has 0 bridgehead atoms. The number of amides is 1. The van der Waals surface area contributed by atoms with Gasteiger partial charge in [0.2, 0.25) is 0 Å². The zero-order valence-electron chi connectivity index (χ0n) is 24.2. The maximum atomic E-state index is 15.8. The number of halogens is 1. The van der Waals surface area contributed by atoms with Crippen molar-refractivity contribution in [2.24, 2.45) is 7.05 Å². The van der Waals surface area contributed by atoms with Crippen molar-refractivity contribution in [2.75, 3.05) is 10.6 Å². The van der Waals surface area contributed by atoms with Gasteiger partial charge < -0.3 is 15.2 Å². The van der Waals surface area contributed by atoms with E-state index in [0.717, 1.165) is 34.7 Å². The van der Waals surface area contributed by atoms with Gasteiger partial charge >= 0.3 is 0 Å². The smallest absolute Gasteiger partial charge is 0.258 e. The molecule has 10 heteroatoms. The van der Waals surface area contributed by atoms with Crippen LogP contribution in [0, 0.1) is 31.5 Å². The Morgan fingerprint density at radius 1 is 1.02 bits per heavy atom. The Morgan fingerprint density at radius 2 is 1.88 bits per heavy atom. The summed E-state index contributed by atoms with van der Waals surface area (Å²) < 4.78 is 21.2. The van der Waals surface area contributed by atoms with E-state index in [4.69, 9.17) is 0 Å². The second-order valence-electron chi connectivity index (χ2n) is 10.3. The predicted molar refractivity (Wildman–Crippen MR) is 164 cm³/mol. The second kappa shape index (κ2) is 11.3. The highest BCUT2D eigenvalue weighted by Crippen LogP contribution is 2.24. The van der Waals surface area contributed by atoms with Gasteiger partial charge in [0.1, 0.15) is 5.69 Å². The Hall–Kier alpha value is -5.69. The van der Waals surface area contributed by atoms with Gasteiger partial charge in [-0.15, -0.1) is 0 Å². The molecule has 0 saturated carbocycles. The standard InChI is InChI=1S/C33H29FN8O/c1-5-23-13-24(15-27(14-23)41-18-22(3)36-20-41)39-33(43)29-10-8-21(2)28(31(29)34)11-9-26-17-35-32-30(7-6-12-42(26)32)38-25-16-37-40(4)19-25/h6-8,10,12-20,38H,5H2,1-4H3,(H,39,43). The Morgan fingerprint density at radius 3 is 2.63 bits per heavy atom. The van der Waals surface area contributed by atoms with E-state index in [9.17, 15) is 4.79 Å². The number of hydrogen-bond acceptors (Lipinski definition) is 5. The lowest BCUT2D eigenvalue weighted by molar-refractivity contribution is 0.102. The first-order chi connectivity index (χ1) is 20.8. The Balaban J connectivity index is 1.28. The number of nitrogens with zero attached hydrogens (tertiary/aromatic N) is 6. The van der Waals surface area contributed by atoms with Crippen LogP contribution in [0.15, 0.2) is 79.8 Å². The molecule has 6 aromatic rings. The molecule has 0 aliphatic heterocycles. The van der Waals surface area contributed by atoms with Gasteiger partial charge in [0.05, 0.1) is 46.9 Å². The third-order valence-electron chi connectivity index (χ3n) is 7.08. The minimum atomic E-state index is -0.671. The van der Waals surface area contributed by atoms with Crippen molar-refractivity contribution in [1.82, 2.24) is 28.7 Å². The molecule has 0 saturated heterocycles. The highest BCUT2D eigenvalue weighted by molar-refractivity contribution is 6.05. The highest BCUT2D eigenvalue weighted by atomic mass is 19.1. The SMILES string of the molecule is CCc1cc(NC(=O)c2ccc(C)c(C#Cc3cnc4c(Nc5cnn(C)c5)cccn34)c2F)cc(-n2cnc(C)c2)c1. The number of pyridine rings is 1. The van der Waals surface area contributed by atoms with Gasteiger partial charge in [0.25, 0.3) is 5.91 Å². The molecule has 0 aliphatic carbocycles. The van der Waals surface area contributed by atoms with Crippen molar-refractivity contribution in [3.05, 3.63) is 119 Å². The molecule has 6 rings (SSSR count). The molecule has 0 spiro atoms. The predicted octanol–water partition coefficient (Wildman–Crippen LogP) is 5.97. The minimum Gasteiger partial charge on any atom is -0.350 e. The molecular weight excluding hydrogens is 543 g/mol. The molecule has 43 heavy (non-hydrogen) atoms. The van der Waals surface area contributed by atoms with Gasteiger partial charge in [-0.05, 0) is 73.7 Å². The normalized spacial score (nSPS) is 10.9. The van der Waals surface area contributed by atoms with E-state index in [2.05, 4.69) is 37.5 Å². The molecule has 4 heterocycles. The Labute approximate surface area is 248 Å². The molecule has 0 unspecified atom stereocenters. The number of benzene rings is 2. The topological polar surface area (TPSA) is 94.1 Å². The van der Waals surface area contributed by atoms with Gasteiger partial charge in [-0.3, -0.25) is 13.9 Å². The van der Waals surface area contributed by atoms with Crippen molar-refractivity contribution < 1.29 is 9.18 Å². The number of aromatic nitrogens is 6. The van der Waals surface area contributed by atoms with E-state index in [1.165, 1.54) is 6.07 Å². The van der Waals surface area contributed by atoms with Crippen LogP contribution in [0.25, 0.3) is 11.3 Å². The maximum Gasteiger partial charge on any atom is 0.258 e. The van der Waals surface area contributed by atoms with Crippen LogP contribution in [0.2, 0.25) is 0 Å². The van der Waals surface area contributed by atoms with Crippen molar-refractivity contribution >= 4 is 28.6 Å². The number of anilines is 3. The monoisotopic (exact) mass is 572 g/mol. The van der Waals surface area contributed by atoms with Crippen LogP contribution in [0.4, 0.5) is 21.5 Å². The van der Waals surface area contributed by atoms with E-state index in [0.29, 0.717) is 22.6 Å². The molecule has 0 aliphatic rings. The van der Waals surface area contributed by atoms with E-state index in [1.807, 2.05) is 78.8 Å². The third kappa shape index (κ3) is 5.61. The van der Waals surface area contributed by atoms with Gasteiger partial charge in [0, 0.05) is 37.0 Å². The molecule has 0 atom stereocenters. The number of nitrogens with one attached hydrogen (secondary N) is 2. The molecule has 2 N–H and O–H groups in total. The lowest BCUT2D eigenvalue weighted by atomic mass is 10.0. The van der Waals surface area contributed by atoms with Crippen LogP contribution in [0.1, 0.15) is 45.4 Å². The summed E-state index contributed by atoms with van der Waals surface area (Å²) in [5, 5.41) is 10.4. The van der Waals surface area contributed by atoms with Crippen molar-refractivity contribution in [2.45, 2.75) is 27.2 Å². The summed E-state index contributed by atoms with van der Waals surface area (Å²) in [7, 11) is 1.85. The van der Waals surface area contributed by atoms with Gasteiger partial charge in [-0.2, -0.15) is 5.10 Å². The van der Waals surface area contributed by atoms with Crippen LogP contribution in [0.3, 0.4) is 0 Å². The largest absolute Gasteiger partial charge is 0.350 e. The summed E-state index contributed by atoms with van der Waals surface area (Å²) in [6.45, 7) is 5.72. The zero-order valence-corrected chi connectivity index (χ0v) is 24.2. The molecular formula is C33H29FN8O. The number of fused-ring (bicyclic) bond motifs is 1. The van der Waals surface area contributed by atoms with E-state index < -0.39 is 11.7 Å². The molecule has 214 valence electrons. The molecule has 1 amide bonds. The van der Waals surface area contributed by atoms with Crippen molar-refractivity contribution in [3.8, 4) is 17.5 Å². The number of carbonyl (C=O) groups is 1. The van der Waals surface area contributed by atoms with Crippen molar-refractivity contribution in [1.29, 1.82) is 0 Å². The first kappa shape index (κ1) is 27.5. The molecule has 2 aromatic carbocycles. The van der Waals surface area contributed by atoms with Crippen LogP contribution in [-0.2, 0) is 13.5 Å². The summed E-state index contributed by atoms with van der Waals surface area (Å²) in [5.41, 5.74) is 6.89. The third-order valence-corrected chi connectivity index (χ3v) is 7.08. The Kier molecular flexibility index (Phi) is 7.22. The average Bonchev–Trinajstić information content (AvgIpc) is 3.73. The number of hydrogen-bond donors (Lipinski definition) is 2. The van der Waals surface area contributed by atoms with E-state index in [1.54, 1.807) is 36.4 Å². The Bertz CT molecular complexity index is 2060. The number of aryl methyl sites for hydroxylation is 4. The summed E-state index contributed by atoms with van der Waals surface area (Å²) in [4.78, 5) is 22.1. The lowest BCUT2D eigenvalue weighted by Crippen LogP contribution is -2.15. The lowest BCUT2D eigenvalue weighted by Gasteiger charge is -2.12. The van der Waals surface area contributed by atoms with Crippen LogP contribution >= 0.6 is 0 Å². The van der Waals surface area contributed by atoms with Gasteiger partial charge in [0.15, 0.2) is 11.5 Å². The maximum absolute atomic E-state index is 15.8. The van der Waals surface area contributed by atoms with E-state index in [-0.39, 0.29) is 11.1 Å². The van der Waals surface area contributed by atoms with Crippen LogP contribution < -0.4 is 10.6 Å². The molecule has 0 fully saturated rings. The van der Waals surface area contributed by atoms with Gasteiger partial charge in [-0.25, -0.2) is 14.4 Å².